The summed E-state index contributed by atoms with van der Waals surface area (Å²) in [6, 6.07) is 6.98. The Morgan fingerprint density at radius 1 is 1.31 bits per heavy atom. The topological polar surface area (TPSA) is 46.7 Å². The molecule has 4 heteroatoms. The molecule has 0 bridgehead atoms. The first kappa shape index (κ1) is 11.6. The van der Waals surface area contributed by atoms with Crippen LogP contribution in [0, 0.1) is 6.92 Å². The average molecular weight is 240 g/mol. The molecule has 1 atom stereocenters. The van der Waals surface area contributed by atoms with E-state index in [0.717, 1.165) is 5.56 Å². The third-order valence-electron chi connectivity index (χ3n) is 2.92. The van der Waals surface area contributed by atoms with E-state index in [1.165, 1.54) is 0 Å². The minimum atomic E-state index is -3.15. The third-order valence-corrected chi connectivity index (χ3v) is 4.65. The highest BCUT2D eigenvalue weighted by Crippen LogP contribution is 2.31. The number of sulfone groups is 1. The fourth-order valence-corrected chi connectivity index (χ4v) is 2.97. The van der Waals surface area contributed by atoms with Crippen molar-refractivity contribution < 1.29 is 13.2 Å². The van der Waals surface area contributed by atoms with Gasteiger partial charge in [-0.25, -0.2) is 8.42 Å². The summed E-state index contributed by atoms with van der Waals surface area (Å²) in [7, 11) is -3.15. The molecule has 1 unspecified atom stereocenters. The molecule has 1 aliphatic heterocycles. The predicted octanol–water partition coefficient (Wildman–Crippen LogP) is 1.95. The minimum absolute atomic E-state index is 0.159. The lowest BCUT2D eigenvalue weighted by molar-refractivity contribution is 0.317. The van der Waals surface area contributed by atoms with Gasteiger partial charge < -0.3 is 4.74 Å². The van der Waals surface area contributed by atoms with Gasteiger partial charge in [0.15, 0.2) is 9.84 Å². The summed E-state index contributed by atoms with van der Waals surface area (Å²) >= 11 is 0. The van der Waals surface area contributed by atoms with E-state index in [9.17, 15) is 8.42 Å². The highest BCUT2D eigenvalue weighted by atomic mass is 32.2. The molecule has 0 aromatic heterocycles. The van der Waals surface area contributed by atoms with Gasteiger partial charge in [-0.05, 0) is 32.4 Å². The Kier molecular flexibility index (Phi) is 2.80. The van der Waals surface area contributed by atoms with Crippen molar-refractivity contribution in [3.8, 4) is 0 Å². The average Bonchev–Trinajstić information content (AvgIpc) is 2.96. The monoisotopic (exact) mass is 240 g/mol. The molecule has 0 amide bonds. The molecule has 3 nitrogen and oxygen atoms in total. The van der Waals surface area contributed by atoms with E-state index >= 15 is 0 Å². The molecular formula is C12H16O3S. The van der Waals surface area contributed by atoms with E-state index in [4.69, 9.17) is 4.74 Å². The zero-order valence-electron chi connectivity index (χ0n) is 9.56. The molecule has 0 N–H and O–H groups in total. The van der Waals surface area contributed by atoms with Crippen molar-refractivity contribution in [1.82, 2.24) is 0 Å². The first-order valence-electron chi connectivity index (χ1n) is 5.35. The van der Waals surface area contributed by atoms with Crippen LogP contribution in [-0.2, 0) is 14.6 Å². The Hall–Kier alpha value is -0.870. The molecule has 16 heavy (non-hydrogen) atoms. The van der Waals surface area contributed by atoms with Crippen LogP contribution in [0.1, 0.15) is 18.9 Å². The van der Waals surface area contributed by atoms with Gasteiger partial charge in [-0.3, -0.25) is 0 Å². The van der Waals surface area contributed by atoms with Gasteiger partial charge in [-0.2, -0.15) is 0 Å². The fourth-order valence-electron chi connectivity index (χ4n) is 1.48. The van der Waals surface area contributed by atoms with E-state index in [1.54, 1.807) is 12.1 Å². The van der Waals surface area contributed by atoms with E-state index in [2.05, 4.69) is 0 Å². The van der Waals surface area contributed by atoms with Crippen molar-refractivity contribution in [3.63, 3.8) is 0 Å². The van der Waals surface area contributed by atoms with Crippen molar-refractivity contribution in [1.29, 1.82) is 0 Å². The Bertz CT molecular complexity index is 469. The van der Waals surface area contributed by atoms with Crippen molar-refractivity contribution in [2.75, 3.05) is 12.4 Å². The molecule has 0 saturated carbocycles. The lowest BCUT2D eigenvalue weighted by Crippen LogP contribution is -2.14. The molecule has 0 aliphatic carbocycles. The van der Waals surface area contributed by atoms with E-state index in [-0.39, 0.29) is 11.4 Å². The summed E-state index contributed by atoms with van der Waals surface area (Å²) in [5.74, 6) is 0.159. The number of benzene rings is 1. The second kappa shape index (κ2) is 3.86. The first-order chi connectivity index (χ1) is 7.41. The molecule has 1 saturated heterocycles. The summed E-state index contributed by atoms with van der Waals surface area (Å²) < 4.78 is 29.1. The number of aryl methyl sites for hydroxylation is 1. The lowest BCUT2D eigenvalue weighted by atomic mass is 10.1. The van der Waals surface area contributed by atoms with Crippen molar-refractivity contribution >= 4 is 9.84 Å². The smallest absolute Gasteiger partial charge is 0.178 e. The van der Waals surface area contributed by atoms with Crippen molar-refractivity contribution in [2.45, 2.75) is 30.8 Å². The Balaban J connectivity index is 2.09. The number of hydrogen-bond acceptors (Lipinski definition) is 3. The van der Waals surface area contributed by atoms with E-state index < -0.39 is 9.84 Å². The van der Waals surface area contributed by atoms with Crippen LogP contribution in [0.4, 0.5) is 0 Å². The fraction of sp³-hybridized carbons (Fsp3) is 0.500. The summed E-state index contributed by atoms with van der Waals surface area (Å²) in [5, 5.41) is 0. The summed E-state index contributed by atoms with van der Waals surface area (Å²) in [4.78, 5) is 0.405. The molecule has 1 heterocycles. The van der Waals surface area contributed by atoms with Gasteiger partial charge in [0.1, 0.15) is 0 Å². The lowest BCUT2D eigenvalue weighted by Gasteiger charge is -2.07. The van der Waals surface area contributed by atoms with Crippen LogP contribution in [-0.4, -0.2) is 26.4 Å². The van der Waals surface area contributed by atoms with Crippen LogP contribution in [0.15, 0.2) is 29.2 Å². The van der Waals surface area contributed by atoms with Crippen LogP contribution in [0.5, 0.6) is 0 Å². The highest BCUT2D eigenvalue weighted by Gasteiger charge is 2.39. The zero-order chi connectivity index (χ0) is 11.8. The van der Waals surface area contributed by atoms with Gasteiger partial charge in [0, 0.05) is 0 Å². The molecule has 0 spiro atoms. The predicted molar refractivity (Wildman–Crippen MR) is 62.2 cm³/mol. The van der Waals surface area contributed by atoms with Gasteiger partial charge in [-0.1, -0.05) is 17.7 Å². The molecular weight excluding hydrogens is 224 g/mol. The summed E-state index contributed by atoms with van der Waals surface area (Å²) in [6.07, 6.45) is 0.573. The maximum absolute atomic E-state index is 12.0. The number of rotatable bonds is 4. The molecule has 1 fully saturated rings. The van der Waals surface area contributed by atoms with Gasteiger partial charge in [-0.15, -0.1) is 0 Å². The second-order valence-electron chi connectivity index (χ2n) is 4.62. The highest BCUT2D eigenvalue weighted by molar-refractivity contribution is 7.91. The number of hydrogen-bond donors (Lipinski definition) is 0. The second-order valence-corrected chi connectivity index (χ2v) is 6.73. The van der Waals surface area contributed by atoms with Crippen molar-refractivity contribution in [2.24, 2.45) is 0 Å². The van der Waals surface area contributed by atoms with Crippen LogP contribution < -0.4 is 0 Å². The Morgan fingerprint density at radius 2 is 1.88 bits per heavy atom. The minimum Gasteiger partial charge on any atom is -0.370 e. The molecule has 2 rings (SSSR count). The molecule has 0 radical (unpaired) electrons. The maximum atomic E-state index is 12.0. The van der Waals surface area contributed by atoms with Crippen LogP contribution in [0.3, 0.4) is 0 Å². The van der Waals surface area contributed by atoms with Crippen LogP contribution >= 0.6 is 0 Å². The quantitative estimate of drug-likeness (QED) is 0.756. The Labute approximate surface area is 96.4 Å². The van der Waals surface area contributed by atoms with E-state index in [1.807, 2.05) is 26.0 Å². The summed E-state index contributed by atoms with van der Waals surface area (Å²) in [6.45, 7) is 4.56. The van der Waals surface area contributed by atoms with Gasteiger partial charge in [0.05, 0.1) is 22.9 Å². The SMILES string of the molecule is Cc1ccc(S(=O)(=O)CCC2(C)CO2)cc1. The number of ether oxygens (including phenoxy) is 1. The van der Waals surface area contributed by atoms with Crippen LogP contribution in [0.25, 0.3) is 0 Å². The standard InChI is InChI=1S/C12H16O3S/c1-10-3-5-11(6-4-10)16(13,14)8-7-12(2)9-15-12/h3-6H,7-9H2,1-2H3. The summed E-state index contributed by atoms with van der Waals surface area (Å²) in [5.41, 5.74) is 0.869. The normalized spacial score (nSPS) is 24.4. The largest absolute Gasteiger partial charge is 0.370 e. The zero-order valence-corrected chi connectivity index (χ0v) is 10.4. The third kappa shape index (κ3) is 2.62. The molecule has 1 aromatic rings. The Morgan fingerprint density at radius 3 is 2.38 bits per heavy atom. The van der Waals surface area contributed by atoms with E-state index in [0.29, 0.717) is 17.9 Å². The molecule has 1 aromatic carbocycles. The molecule has 88 valence electrons. The van der Waals surface area contributed by atoms with Crippen LogP contribution in [0.2, 0.25) is 0 Å². The van der Waals surface area contributed by atoms with Crippen molar-refractivity contribution in [3.05, 3.63) is 29.8 Å². The number of epoxide rings is 1. The maximum Gasteiger partial charge on any atom is 0.178 e. The molecule has 1 aliphatic rings. The van der Waals surface area contributed by atoms with Gasteiger partial charge in [0.25, 0.3) is 0 Å². The van der Waals surface area contributed by atoms with Gasteiger partial charge in [0.2, 0.25) is 0 Å². The first-order valence-corrected chi connectivity index (χ1v) is 7.00. The van der Waals surface area contributed by atoms with Gasteiger partial charge >= 0.3 is 0 Å².